The highest BCUT2D eigenvalue weighted by Gasteiger charge is 2.33. The van der Waals surface area contributed by atoms with E-state index < -0.39 is 0 Å². The molecule has 0 N–H and O–H groups in total. The molecule has 1 aliphatic rings. The van der Waals surface area contributed by atoms with Gasteiger partial charge in [-0.3, -0.25) is 9.69 Å². The molecular weight excluding hydrogens is 450 g/mol. The van der Waals surface area contributed by atoms with E-state index in [1.54, 1.807) is 26.2 Å². The van der Waals surface area contributed by atoms with E-state index in [1.165, 1.54) is 11.8 Å². The number of carbonyl (C=O) groups excluding carboxylic acids is 1. The number of nitrogens with zero attached hydrogens (tertiary/aromatic N) is 3. The number of benzene rings is 2. The molecule has 1 aliphatic heterocycles. The molecular formula is C26H27N3O4S. The summed E-state index contributed by atoms with van der Waals surface area (Å²) in [5.74, 6) is 1.49. The average Bonchev–Trinajstić information content (AvgIpc) is 3.37. The number of amides is 1. The molecule has 176 valence electrons. The van der Waals surface area contributed by atoms with Crippen molar-refractivity contribution in [2.45, 2.75) is 6.92 Å². The van der Waals surface area contributed by atoms with Gasteiger partial charge in [0.15, 0.2) is 5.17 Å². The average molecular weight is 478 g/mol. The Bertz CT molecular complexity index is 1210. The number of aliphatic imine (C=N–C) groups is 1. The fraction of sp³-hybridized carbons (Fsp3) is 0.231. The molecule has 1 saturated heterocycles. The topological polar surface area (TPSA) is 65.3 Å². The Balaban J connectivity index is 1.62. The smallest absolute Gasteiger partial charge is 0.266 e. The van der Waals surface area contributed by atoms with Gasteiger partial charge in [-0.2, -0.15) is 0 Å². The lowest BCUT2D eigenvalue weighted by Gasteiger charge is -2.14. The first-order valence-electron chi connectivity index (χ1n) is 10.8. The summed E-state index contributed by atoms with van der Waals surface area (Å²) in [4.78, 5) is 20.2. The number of rotatable bonds is 8. The lowest BCUT2D eigenvalue weighted by atomic mass is 10.3. The van der Waals surface area contributed by atoms with Gasteiger partial charge in [-0.05, 0) is 84.9 Å². The summed E-state index contributed by atoms with van der Waals surface area (Å²) in [7, 11) is 4.90. The van der Waals surface area contributed by atoms with Crippen molar-refractivity contribution in [3.8, 4) is 17.2 Å². The summed E-state index contributed by atoms with van der Waals surface area (Å²) in [5, 5.41) is 0.629. The highest BCUT2D eigenvalue weighted by molar-refractivity contribution is 8.18. The molecule has 0 spiro atoms. The first-order valence-corrected chi connectivity index (χ1v) is 11.6. The Kier molecular flexibility index (Phi) is 7.40. The lowest BCUT2D eigenvalue weighted by Crippen LogP contribution is -2.32. The minimum Gasteiger partial charge on any atom is -0.497 e. The van der Waals surface area contributed by atoms with Gasteiger partial charge < -0.3 is 18.8 Å². The number of hydrogen-bond donors (Lipinski definition) is 0. The molecule has 1 fully saturated rings. The number of aryl methyl sites for hydroxylation is 1. The van der Waals surface area contributed by atoms with Crippen molar-refractivity contribution in [2.75, 3.05) is 34.5 Å². The first-order chi connectivity index (χ1) is 16.5. The second-order valence-corrected chi connectivity index (χ2v) is 8.64. The van der Waals surface area contributed by atoms with E-state index in [0.717, 1.165) is 34.1 Å². The van der Waals surface area contributed by atoms with Crippen LogP contribution in [-0.4, -0.2) is 55.0 Å². The molecule has 0 atom stereocenters. The van der Waals surface area contributed by atoms with E-state index in [-0.39, 0.29) is 5.91 Å². The van der Waals surface area contributed by atoms with Gasteiger partial charge in [-0.1, -0.05) is 0 Å². The normalized spacial score (nSPS) is 16.0. The summed E-state index contributed by atoms with van der Waals surface area (Å²) in [6.07, 6.45) is 3.94. The fourth-order valence-electron chi connectivity index (χ4n) is 3.59. The standard InChI is InChI=1S/C26H27N3O4S/c1-18-15-19(17-29(18)21-7-11-23(33-4)12-8-21)16-24-25(30)28(13-14-31-2)26(34-24)27-20-5-9-22(32-3)10-6-20/h5-12,15-17H,13-14H2,1-4H3/b24-16+,27-26?. The third-order valence-corrected chi connectivity index (χ3v) is 6.39. The van der Waals surface area contributed by atoms with Crippen LogP contribution in [0.4, 0.5) is 5.69 Å². The molecule has 1 amide bonds. The van der Waals surface area contributed by atoms with Crippen LogP contribution in [0.1, 0.15) is 11.3 Å². The van der Waals surface area contributed by atoms with Crippen molar-refractivity contribution in [1.29, 1.82) is 0 Å². The zero-order valence-corrected chi connectivity index (χ0v) is 20.5. The SMILES string of the molecule is COCCN1C(=O)/C(=C\c2cc(C)n(-c3ccc(OC)cc3)c2)SC1=Nc1ccc(OC)cc1. The van der Waals surface area contributed by atoms with Crippen molar-refractivity contribution < 1.29 is 19.0 Å². The molecule has 2 heterocycles. The van der Waals surface area contributed by atoms with Crippen LogP contribution in [0.2, 0.25) is 0 Å². The molecule has 3 aromatic rings. The third kappa shape index (κ3) is 5.18. The zero-order chi connectivity index (χ0) is 24.1. The van der Waals surface area contributed by atoms with Crippen molar-refractivity contribution in [1.82, 2.24) is 9.47 Å². The Morgan fingerprint density at radius 2 is 1.62 bits per heavy atom. The molecule has 0 aliphatic carbocycles. The maximum atomic E-state index is 13.2. The molecule has 4 rings (SSSR count). The van der Waals surface area contributed by atoms with E-state index in [2.05, 4.69) is 10.6 Å². The number of ether oxygens (including phenoxy) is 3. The number of amidine groups is 1. The number of methoxy groups -OCH3 is 3. The van der Waals surface area contributed by atoms with Crippen molar-refractivity contribution in [3.05, 3.63) is 77.0 Å². The van der Waals surface area contributed by atoms with Crippen molar-refractivity contribution in [3.63, 3.8) is 0 Å². The second-order valence-electron chi connectivity index (χ2n) is 7.64. The highest BCUT2D eigenvalue weighted by Crippen LogP contribution is 2.34. The van der Waals surface area contributed by atoms with Crippen LogP contribution in [0.3, 0.4) is 0 Å². The maximum absolute atomic E-state index is 13.2. The minimum absolute atomic E-state index is 0.0795. The maximum Gasteiger partial charge on any atom is 0.266 e. The first kappa shape index (κ1) is 23.7. The predicted octanol–water partition coefficient (Wildman–Crippen LogP) is 5.05. The van der Waals surface area contributed by atoms with E-state index >= 15 is 0 Å². The summed E-state index contributed by atoms with van der Waals surface area (Å²) >= 11 is 1.37. The summed E-state index contributed by atoms with van der Waals surface area (Å²) < 4.78 is 17.8. The van der Waals surface area contributed by atoms with Crippen LogP contribution in [0.15, 0.2) is 70.7 Å². The van der Waals surface area contributed by atoms with Crippen LogP contribution >= 0.6 is 11.8 Å². The van der Waals surface area contributed by atoms with Gasteiger partial charge in [0.25, 0.3) is 5.91 Å². The van der Waals surface area contributed by atoms with Gasteiger partial charge in [-0.15, -0.1) is 0 Å². The third-order valence-electron chi connectivity index (χ3n) is 5.39. The van der Waals surface area contributed by atoms with E-state index in [9.17, 15) is 4.79 Å². The van der Waals surface area contributed by atoms with E-state index in [0.29, 0.717) is 23.2 Å². The fourth-order valence-corrected chi connectivity index (χ4v) is 4.61. The molecule has 0 unspecified atom stereocenters. The van der Waals surface area contributed by atoms with Crippen LogP contribution in [0.5, 0.6) is 11.5 Å². The summed E-state index contributed by atoms with van der Waals surface area (Å²) in [6.45, 7) is 2.89. The zero-order valence-electron chi connectivity index (χ0n) is 19.6. The molecule has 1 aromatic heterocycles. The quantitative estimate of drug-likeness (QED) is 0.425. The molecule has 0 bridgehead atoms. The predicted molar refractivity (Wildman–Crippen MR) is 136 cm³/mol. The number of thioether (sulfide) groups is 1. The largest absolute Gasteiger partial charge is 0.497 e. The van der Waals surface area contributed by atoms with E-state index in [4.69, 9.17) is 19.2 Å². The van der Waals surface area contributed by atoms with Gasteiger partial charge in [-0.25, -0.2) is 4.99 Å². The number of aromatic nitrogens is 1. The van der Waals surface area contributed by atoms with Crippen molar-refractivity contribution >= 4 is 34.6 Å². The van der Waals surface area contributed by atoms with Gasteiger partial charge >= 0.3 is 0 Å². The second kappa shape index (κ2) is 10.6. The van der Waals surface area contributed by atoms with Crippen LogP contribution in [0, 0.1) is 6.92 Å². The molecule has 0 saturated carbocycles. The number of carbonyl (C=O) groups is 1. The monoisotopic (exact) mass is 477 g/mol. The van der Waals surface area contributed by atoms with Gasteiger partial charge in [0.05, 0.1) is 38.0 Å². The van der Waals surface area contributed by atoms with Crippen LogP contribution in [-0.2, 0) is 9.53 Å². The van der Waals surface area contributed by atoms with Gasteiger partial charge in [0.2, 0.25) is 0 Å². The molecule has 2 aromatic carbocycles. The minimum atomic E-state index is -0.0795. The summed E-state index contributed by atoms with van der Waals surface area (Å²) in [6, 6.07) is 17.4. The van der Waals surface area contributed by atoms with Crippen LogP contribution in [0.25, 0.3) is 11.8 Å². The van der Waals surface area contributed by atoms with Gasteiger partial charge in [0, 0.05) is 24.7 Å². The lowest BCUT2D eigenvalue weighted by molar-refractivity contribution is -0.122. The van der Waals surface area contributed by atoms with E-state index in [1.807, 2.05) is 67.7 Å². The van der Waals surface area contributed by atoms with Crippen LogP contribution < -0.4 is 9.47 Å². The molecule has 0 radical (unpaired) electrons. The summed E-state index contributed by atoms with van der Waals surface area (Å²) in [5.41, 5.74) is 3.79. The molecule has 7 nitrogen and oxygen atoms in total. The Labute approximate surface area is 203 Å². The number of hydrogen-bond acceptors (Lipinski definition) is 6. The Morgan fingerprint density at radius 1 is 0.971 bits per heavy atom. The van der Waals surface area contributed by atoms with Gasteiger partial charge in [0.1, 0.15) is 11.5 Å². The Morgan fingerprint density at radius 3 is 2.24 bits per heavy atom. The van der Waals surface area contributed by atoms with Crippen molar-refractivity contribution in [2.24, 2.45) is 4.99 Å². The molecule has 34 heavy (non-hydrogen) atoms. The Hall–Kier alpha value is -3.49. The molecule has 8 heteroatoms. The highest BCUT2D eigenvalue weighted by atomic mass is 32.2.